The summed E-state index contributed by atoms with van der Waals surface area (Å²) in [5, 5.41) is 8.23. The second kappa shape index (κ2) is 8.33. The van der Waals surface area contributed by atoms with Crippen LogP contribution in [0.15, 0.2) is 54.6 Å². The highest BCUT2D eigenvalue weighted by Gasteiger charge is 2.08. The highest BCUT2D eigenvalue weighted by molar-refractivity contribution is 5.78. The predicted molar refractivity (Wildman–Crippen MR) is 76.8 cm³/mol. The van der Waals surface area contributed by atoms with E-state index in [-0.39, 0.29) is 5.56 Å². The monoisotopic (exact) mass is 286 g/mol. The lowest BCUT2D eigenvalue weighted by atomic mass is 10.2. The van der Waals surface area contributed by atoms with Crippen LogP contribution in [0.1, 0.15) is 12.5 Å². The van der Waals surface area contributed by atoms with E-state index in [1.165, 1.54) is 12.1 Å². The molecule has 21 heavy (non-hydrogen) atoms. The highest BCUT2D eigenvalue weighted by Crippen LogP contribution is 2.10. The van der Waals surface area contributed by atoms with Crippen LogP contribution in [0.5, 0.6) is 5.75 Å². The molecule has 0 aliphatic carbocycles. The number of para-hydroxylation sites is 1. The molecule has 0 bridgehead atoms. The maximum absolute atomic E-state index is 12.4. The van der Waals surface area contributed by atoms with Crippen molar-refractivity contribution < 1.29 is 13.9 Å². The van der Waals surface area contributed by atoms with Gasteiger partial charge in [0.05, 0.1) is 5.56 Å². The number of primary amides is 1. The van der Waals surface area contributed by atoms with Gasteiger partial charge < -0.3 is 10.5 Å². The first-order valence-corrected chi connectivity index (χ1v) is 6.20. The Morgan fingerprint density at radius 2 is 1.76 bits per heavy atom. The lowest BCUT2D eigenvalue weighted by Crippen LogP contribution is -2.30. The second-order valence-corrected chi connectivity index (χ2v) is 4.07. The van der Waals surface area contributed by atoms with E-state index in [0.717, 1.165) is 0 Å². The summed E-state index contributed by atoms with van der Waals surface area (Å²) in [5.74, 6) is -0.261. The minimum absolute atomic E-state index is 0.0949. The van der Waals surface area contributed by atoms with Crippen molar-refractivity contribution in [3.05, 3.63) is 66.0 Å². The largest absolute Gasteiger partial charge is 0.481 e. The van der Waals surface area contributed by atoms with Crippen LogP contribution in [-0.4, -0.2) is 12.0 Å². The smallest absolute Gasteiger partial charge is 0.258 e. The normalized spacial score (nSPS) is 10.5. The Morgan fingerprint density at radius 3 is 2.24 bits per heavy atom. The van der Waals surface area contributed by atoms with Gasteiger partial charge in [0, 0.05) is 0 Å². The van der Waals surface area contributed by atoms with Crippen LogP contribution in [-0.2, 0) is 4.79 Å². The fraction of sp³-hybridized carbons (Fsp3) is 0.125. The van der Waals surface area contributed by atoms with E-state index in [9.17, 15) is 9.18 Å². The van der Waals surface area contributed by atoms with E-state index >= 15 is 0 Å². The van der Waals surface area contributed by atoms with Crippen molar-refractivity contribution in [1.29, 1.82) is 5.26 Å². The fourth-order valence-electron chi connectivity index (χ4n) is 1.31. The van der Waals surface area contributed by atoms with Crippen molar-refractivity contribution in [3.63, 3.8) is 0 Å². The van der Waals surface area contributed by atoms with Gasteiger partial charge in [-0.25, -0.2) is 4.39 Å². The van der Waals surface area contributed by atoms with Crippen LogP contribution < -0.4 is 10.5 Å². The molecule has 0 aliphatic heterocycles. The van der Waals surface area contributed by atoms with Gasteiger partial charge in [-0.3, -0.25) is 4.79 Å². The van der Waals surface area contributed by atoms with Gasteiger partial charge in [0.25, 0.3) is 5.91 Å². The number of rotatable bonds is 3. The number of benzene rings is 2. The van der Waals surface area contributed by atoms with Gasteiger partial charge in [-0.1, -0.05) is 30.3 Å². The van der Waals surface area contributed by atoms with Crippen LogP contribution in [0.4, 0.5) is 4.39 Å². The third-order valence-corrected chi connectivity index (χ3v) is 2.45. The topological polar surface area (TPSA) is 76.1 Å². The molecular weight excluding hydrogens is 271 g/mol. The molecule has 108 valence electrons. The number of carbonyl (C=O) groups is 1. The Labute approximate surface area is 122 Å². The number of ether oxygens (including phenoxy) is 1. The Bertz CT molecular complexity index is 624. The Morgan fingerprint density at radius 1 is 1.19 bits per heavy atom. The molecular formula is C16H15FN2O2. The van der Waals surface area contributed by atoms with Gasteiger partial charge in [0.1, 0.15) is 17.6 Å². The Kier molecular flexibility index (Phi) is 6.42. The SMILES string of the molecule is CC(Oc1ccccc1)C(N)=O.N#Cc1ccccc1F. The maximum Gasteiger partial charge on any atom is 0.258 e. The number of nitriles is 1. The Hall–Kier alpha value is -2.87. The molecule has 1 unspecified atom stereocenters. The lowest BCUT2D eigenvalue weighted by Gasteiger charge is -2.10. The molecule has 2 aromatic rings. The zero-order valence-electron chi connectivity index (χ0n) is 11.5. The molecule has 0 aliphatic rings. The molecule has 0 fully saturated rings. The first-order valence-electron chi connectivity index (χ1n) is 6.20. The van der Waals surface area contributed by atoms with Crippen LogP contribution in [0.25, 0.3) is 0 Å². The van der Waals surface area contributed by atoms with Crippen molar-refractivity contribution in [2.45, 2.75) is 13.0 Å². The summed E-state index contributed by atoms with van der Waals surface area (Å²) in [4.78, 5) is 10.6. The number of halogens is 1. The minimum Gasteiger partial charge on any atom is -0.481 e. The summed E-state index contributed by atoms with van der Waals surface area (Å²) in [7, 11) is 0. The quantitative estimate of drug-likeness (QED) is 0.942. The van der Waals surface area contributed by atoms with Gasteiger partial charge in [0.2, 0.25) is 0 Å². The van der Waals surface area contributed by atoms with Crippen LogP contribution in [0.3, 0.4) is 0 Å². The summed E-state index contributed by atoms with van der Waals surface area (Å²) in [5.41, 5.74) is 5.11. The first-order chi connectivity index (χ1) is 10.0. The molecule has 1 amide bonds. The molecule has 0 saturated heterocycles. The zero-order chi connectivity index (χ0) is 15.7. The van der Waals surface area contributed by atoms with E-state index in [1.54, 1.807) is 37.3 Å². The maximum atomic E-state index is 12.4. The standard InChI is InChI=1S/C9H11NO2.C7H4FN/c1-7(9(10)11)12-8-5-3-2-4-6-8;8-7-4-2-1-3-6(7)5-9/h2-7H,1H3,(H2,10,11);1-4H. The zero-order valence-corrected chi connectivity index (χ0v) is 11.5. The lowest BCUT2D eigenvalue weighted by molar-refractivity contribution is -0.123. The summed E-state index contributed by atoms with van der Waals surface area (Å²) in [6, 6.07) is 16.7. The molecule has 5 heteroatoms. The molecule has 0 saturated carbocycles. The molecule has 2 N–H and O–H groups in total. The molecule has 1 atom stereocenters. The summed E-state index contributed by atoms with van der Waals surface area (Å²) in [6.07, 6.45) is -0.576. The van der Waals surface area contributed by atoms with Crippen LogP contribution in [0.2, 0.25) is 0 Å². The second-order valence-electron chi connectivity index (χ2n) is 4.07. The van der Waals surface area contributed by atoms with Gasteiger partial charge in [-0.05, 0) is 31.2 Å². The molecule has 2 rings (SSSR count). The molecule has 0 spiro atoms. The average Bonchev–Trinajstić information content (AvgIpc) is 2.49. The fourth-order valence-corrected chi connectivity index (χ4v) is 1.31. The number of nitrogens with zero attached hydrogens (tertiary/aromatic N) is 1. The third-order valence-electron chi connectivity index (χ3n) is 2.45. The van der Waals surface area contributed by atoms with E-state index in [4.69, 9.17) is 15.7 Å². The highest BCUT2D eigenvalue weighted by atomic mass is 19.1. The van der Waals surface area contributed by atoms with E-state index in [1.807, 2.05) is 18.2 Å². The number of hydrogen-bond acceptors (Lipinski definition) is 3. The van der Waals surface area contributed by atoms with Crippen molar-refractivity contribution in [3.8, 4) is 11.8 Å². The van der Waals surface area contributed by atoms with Crippen molar-refractivity contribution >= 4 is 5.91 Å². The summed E-state index contributed by atoms with van der Waals surface area (Å²) in [6.45, 7) is 1.62. The molecule has 0 radical (unpaired) electrons. The van der Waals surface area contributed by atoms with Crippen molar-refractivity contribution in [2.75, 3.05) is 0 Å². The van der Waals surface area contributed by atoms with E-state index < -0.39 is 17.8 Å². The molecule has 0 heterocycles. The van der Waals surface area contributed by atoms with E-state index in [0.29, 0.717) is 5.75 Å². The predicted octanol–water partition coefficient (Wildman–Crippen LogP) is 2.64. The first kappa shape index (κ1) is 16.2. The van der Waals surface area contributed by atoms with Crippen molar-refractivity contribution in [1.82, 2.24) is 0 Å². The third kappa shape index (κ3) is 5.74. The number of carbonyl (C=O) groups excluding carboxylic acids is 1. The summed E-state index contributed by atoms with van der Waals surface area (Å²) >= 11 is 0. The van der Waals surface area contributed by atoms with Gasteiger partial charge >= 0.3 is 0 Å². The summed E-state index contributed by atoms with van der Waals surface area (Å²) < 4.78 is 17.6. The Balaban J connectivity index is 0.000000219. The van der Waals surface area contributed by atoms with Gasteiger partial charge in [-0.2, -0.15) is 5.26 Å². The number of nitrogens with two attached hydrogens (primary N) is 1. The molecule has 2 aromatic carbocycles. The average molecular weight is 286 g/mol. The van der Waals surface area contributed by atoms with Crippen molar-refractivity contribution in [2.24, 2.45) is 5.73 Å². The number of amides is 1. The van der Waals surface area contributed by atoms with Crippen LogP contribution in [0, 0.1) is 17.1 Å². The molecule has 4 nitrogen and oxygen atoms in total. The van der Waals surface area contributed by atoms with Gasteiger partial charge in [-0.15, -0.1) is 0 Å². The molecule has 0 aromatic heterocycles. The number of hydrogen-bond donors (Lipinski definition) is 1. The van der Waals surface area contributed by atoms with Crippen LogP contribution >= 0.6 is 0 Å². The van der Waals surface area contributed by atoms with Gasteiger partial charge in [0.15, 0.2) is 6.10 Å². The van der Waals surface area contributed by atoms with E-state index in [2.05, 4.69) is 0 Å². The minimum atomic E-state index is -0.576.